The lowest BCUT2D eigenvalue weighted by Gasteiger charge is -2.16. The highest BCUT2D eigenvalue weighted by molar-refractivity contribution is 8.01. The number of imide groups is 1. The van der Waals surface area contributed by atoms with Gasteiger partial charge in [-0.05, 0) is 53.6 Å². The fourth-order valence-electron chi connectivity index (χ4n) is 4.20. The zero-order chi connectivity index (χ0) is 23.9. The third-order valence-electron chi connectivity index (χ3n) is 5.90. The molecule has 0 aliphatic carbocycles. The van der Waals surface area contributed by atoms with Crippen LogP contribution in [0.15, 0.2) is 101 Å². The van der Waals surface area contributed by atoms with E-state index < -0.39 is 0 Å². The molecule has 2 heterocycles. The third-order valence-corrected chi connectivity index (χ3v) is 8.57. The minimum absolute atomic E-state index is 0.0461. The molecule has 6 rings (SSSR count). The van der Waals surface area contributed by atoms with Crippen molar-refractivity contribution in [2.45, 2.75) is 9.59 Å². The second kappa shape index (κ2) is 8.96. The van der Waals surface area contributed by atoms with Gasteiger partial charge in [0.2, 0.25) is 0 Å². The summed E-state index contributed by atoms with van der Waals surface area (Å²) in [6, 6.07) is 30.6. The third kappa shape index (κ3) is 4.04. The van der Waals surface area contributed by atoms with Gasteiger partial charge in [-0.3, -0.25) is 9.59 Å². The topological polar surface area (TPSA) is 50.3 Å². The molecule has 1 aromatic heterocycles. The number of thioether (sulfide) groups is 1. The van der Waals surface area contributed by atoms with E-state index in [1.54, 1.807) is 53.4 Å². The molecule has 0 radical (unpaired) electrons. The van der Waals surface area contributed by atoms with Gasteiger partial charge >= 0.3 is 0 Å². The lowest BCUT2D eigenvalue weighted by atomic mass is 10.0. The summed E-state index contributed by atoms with van der Waals surface area (Å²) in [4.78, 5) is 31.9. The summed E-state index contributed by atoms with van der Waals surface area (Å²) in [6.07, 6.45) is 0. The van der Waals surface area contributed by atoms with Gasteiger partial charge in [-0.25, -0.2) is 9.88 Å². The summed E-state index contributed by atoms with van der Waals surface area (Å²) in [6.45, 7) is 0. The lowest BCUT2D eigenvalue weighted by Crippen LogP contribution is -2.29. The second-order valence-electron chi connectivity index (χ2n) is 8.08. The van der Waals surface area contributed by atoms with Crippen LogP contribution in [0.3, 0.4) is 0 Å². The molecule has 1 aliphatic heterocycles. The van der Waals surface area contributed by atoms with E-state index in [0.29, 0.717) is 21.8 Å². The summed E-state index contributed by atoms with van der Waals surface area (Å²) in [5.41, 5.74) is 4.57. The first kappa shape index (κ1) is 22.0. The number of thiazole rings is 1. The van der Waals surface area contributed by atoms with Crippen molar-refractivity contribution >= 4 is 62.4 Å². The molecule has 0 spiro atoms. The molecule has 1 aliphatic rings. The van der Waals surface area contributed by atoms with Gasteiger partial charge in [-0.1, -0.05) is 78.0 Å². The van der Waals surface area contributed by atoms with Gasteiger partial charge in [0.05, 0.1) is 32.3 Å². The lowest BCUT2D eigenvalue weighted by molar-refractivity contribution is 0.0926. The molecule has 0 N–H and O–H groups in total. The number of halogens is 1. The largest absolute Gasteiger partial charge is 0.268 e. The molecule has 4 aromatic carbocycles. The highest BCUT2D eigenvalue weighted by atomic mass is 35.5. The van der Waals surface area contributed by atoms with Crippen LogP contribution < -0.4 is 4.90 Å². The van der Waals surface area contributed by atoms with Crippen molar-refractivity contribution in [2.24, 2.45) is 0 Å². The van der Waals surface area contributed by atoms with Crippen molar-refractivity contribution < 1.29 is 9.59 Å². The molecule has 2 amide bonds. The highest BCUT2D eigenvalue weighted by Gasteiger charge is 2.36. The van der Waals surface area contributed by atoms with Crippen LogP contribution in [0.5, 0.6) is 0 Å². The molecule has 1 atom stereocenters. The van der Waals surface area contributed by atoms with Gasteiger partial charge in [0.25, 0.3) is 11.8 Å². The molecule has 7 heteroatoms. The summed E-state index contributed by atoms with van der Waals surface area (Å²) in [5, 5.41) is 0.746. The van der Waals surface area contributed by atoms with Crippen molar-refractivity contribution in [3.8, 4) is 0 Å². The van der Waals surface area contributed by atoms with Gasteiger partial charge in [-0.2, -0.15) is 0 Å². The van der Waals surface area contributed by atoms with Crippen LogP contribution in [-0.4, -0.2) is 16.8 Å². The predicted molar refractivity (Wildman–Crippen MR) is 143 cm³/mol. The molecule has 0 bridgehead atoms. The van der Waals surface area contributed by atoms with Gasteiger partial charge in [0, 0.05) is 5.02 Å². The maximum atomic E-state index is 12.9. The van der Waals surface area contributed by atoms with Crippen molar-refractivity contribution in [1.82, 2.24) is 4.98 Å². The van der Waals surface area contributed by atoms with Gasteiger partial charge in [-0.15, -0.1) is 11.3 Å². The normalized spacial score (nSPS) is 13.9. The number of rotatable bonds is 5. The van der Waals surface area contributed by atoms with Crippen LogP contribution in [0.4, 0.5) is 5.69 Å². The Morgan fingerprint density at radius 3 is 2.09 bits per heavy atom. The van der Waals surface area contributed by atoms with E-state index in [4.69, 9.17) is 16.6 Å². The average molecular weight is 513 g/mol. The van der Waals surface area contributed by atoms with E-state index in [2.05, 4.69) is 12.1 Å². The average Bonchev–Trinajstić information content (AvgIpc) is 3.41. The number of anilines is 1. The number of hydrogen-bond donors (Lipinski definition) is 0. The molecule has 0 saturated heterocycles. The Labute approximate surface area is 215 Å². The molecular weight excluding hydrogens is 496 g/mol. The first-order valence-electron chi connectivity index (χ1n) is 10.9. The summed E-state index contributed by atoms with van der Waals surface area (Å²) in [5.74, 6) is -0.591. The standard InChI is InChI=1S/C28H17ClN2O2S2/c29-19-12-10-18(11-13-19)25(17-6-2-1-3-7-17)35-28-30-23-15-14-20(16-24(23)34-28)31-26(32)21-8-4-5-9-22(21)27(31)33/h1-16,25H/t25-/m0/s1. The van der Waals surface area contributed by atoms with E-state index in [-0.39, 0.29) is 17.1 Å². The van der Waals surface area contributed by atoms with Crippen molar-refractivity contribution in [1.29, 1.82) is 0 Å². The number of carbonyl (C=O) groups excluding carboxylic acids is 2. The number of hydrogen-bond acceptors (Lipinski definition) is 5. The Morgan fingerprint density at radius 1 is 0.771 bits per heavy atom. The van der Waals surface area contributed by atoms with Gasteiger partial charge in [0.1, 0.15) is 0 Å². The molecule has 0 unspecified atom stereocenters. The number of aromatic nitrogens is 1. The fourth-order valence-corrected chi connectivity index (χ4v) is 6.75. The molecule has 4 nitrogen and oxygen atoms in total. The predicted octanol–water partition coefficient (Wildman–Crippen LogP) is 7.63. The molecule has 35 heavy (non-hydrogen) atoms. The van der Waals surface area contributed by atoms with E-state index in [1.807, 2.05) is 54.6 Å². The van der Waals surface area contributed by atoms with Crippen molar-refractivity contribution in [3.05, 3.63) is 124 Å². The Balaban J connectivity index is 1.34. The van der Waals surface area contributed by atoms with Crippen LogP contribution in [0.25, 0.3) is 10.2 Å². The van der Waals surface area contributed by atoms with E-state index in [9.17, 15) is 9.59 Å². The minimum atomic E-state index is -0.295. The number of nitrogens with zero attached hydrogens (tertiary/aromatic N) is 2. The van der Waals surface area contributed by atoms with Crippen LogP contribution in [-0.2, 0) is 0 Å². The first-order valence-corrected chi connectivity index (χ1v) is 13.0. The maximum absolute atomic E-state index is 12.9. The quantitative estimate of drug-likeness (QED) is 0.179. The van der Waals surface area contributed by atoms with E-state index in [0.717, 1.165) is 20.1 Å². The zero-order valence-corrected chi connectivity index (χ0v) is 20.6. The number of amides is 2. The number of fused-ring (bicyclic) bond motifs is 2. The summed E-state index contributed by atoms with van der Waals surface area (Å²) < 4.78 is 1.83. The fraction of sp³-hybridized carbons (Fsp3) is 0.0357. The van der Waals surface area contributed by atoms with Gasteiger partial charge in [0.15, 0.2) is 4.34 Å². The van der Waals surface area contributed by atoms with Crippen molar-refractivity contribution in [2.75, 3.05) is 4.90 Å². The van der Waals surface area contributed by atoms with E-state index >= 15 is 0 Å². The van der Waals surface area contributed by atoms with Crippen LogP contribution >= 0.6 is 34.7 Å². The summed E-state index contributed by atoms with van der Waals surface area (Å²) >= 11 is 9.35. The first-order chi connectivity index (χ1) is 17.1. The van der Waals surface area contributed by atoms with Crippen LogP contribution in [0.1, 0.15) is 37.1 Å². The molecule has 0 fully saturated rings. The molecule has 5 aromatic rings. The Hall–Kier alpha value is -3.45. The number of benzene rings is 4. The Morgan fingerprint density at radius 2 is 1.40 bits per heavy atom. The van der Waals surface area contributed by atoms with E-state index in [1.165, 1.54) is 10.5 Å². The zero-order valence-electron chi connectivity index (χ0n) is 18.2. The Bertz CT molecular complexity index is 1550. The van der Waals surface area contributed by atoms with Crippen molar-refractivity contribution in [3.63, 3.8) is 0 Å². The molecular formula is C28H17ClN2O2S2. The second-order valence-corrected chi connectivity index (χ2v) is 10.9. The van der Waals surface area contributed by atoms with Crippen LogP contribution in [0.2, 0.25) is 5.02 Å². The number of carbonyl (C=O) groups is 2. The minimum Gasteiger partial charge on any atom is -0.268 e. The highest BCUT2D eigenvalue weighted by Crippen LogP contribution is 2.44. The maximum Gasteiger partial charge on any atom is 0.266 e. The van der Waals surface area contributed by atoms with Crippen LogP contribution in [0, 0.1) is 0 Å². The molecule has 170 valence electrons. The molecule has 0 saturated carbocycles. The SMILES string of the molecule is O=C1c2ccccc2C(=O)N1c1ccc2nc(S[C@@H](c3ccccc3)c3ccc(Cl)cc3)sc2c1. The van der Waals surface area contributed by atoms with Gasteiger partial charge < -0.3 is 0 Å². The Kier molecular flexibility index (Phi) is 5.65. The smallest absolute Gasteiger partial charge is 0.266 e. The summed E-state index contributed by atoms with van der Waals surface area (Å²) in [7, 11) is 0. The monoisotopic (exact) mass is 512 g/mol.